The lowest BCUT2D eigenvalue weighted by Crippen LogP contribution is -2.46. The Labute approximate surface area is 121 Å². The summed E-state index contributed by atoms with van der Waals surface area (Å²) in [4.78, 5) is 20.5. The number of carbonyl (C=O) groups excluding carboxylic acids is 1. The van der Waals surface area contributed by atoms with Crippen LogP contribution < -0.4 is 5.32 Å². The van der Waals surface area contributed by atoms with E-state index in [-0.39, 0.29) is 11.2 Å². The largest absolute Gasteiger partial charge is 0.379 e. The average molecular weight is 300 g/mol. The first kappa shape index (κ1) is 13.3. The normalized spacial score (nSPS) is 28.7. The van der Waals surface area contributed by atoms with Gasteiger partial charge in [0.05, 0.1) is 19.8 Å². The van der Waals surface area contributed by atoms with Gasteiger partial charge in [0.1, 0.15) is 5.25 Å². The molecule has 2 saturated heterocycles. The summed E-state index contributed by atoms with van der Waals surface area (Å²) in [6.45, 7) is 5.48. The third-order valence-electron chi connectivity index (χ3n) is 3.32. The van der Waals surface area contributed by atoms with E-state index in [1.807, 2.05) is 0 Å². The lowest BCUT2D eigenvalue weighted by Gasteiger charge is -2.27. The van der Waals surface area contributed by atoms with Crippen molar-refractivity contribution in [3.63, 3.8) is 0 Å². The van der Waals surface area contributed by atoms with Crippen molar-refractivity contribution in [1.29, 1.82) is 0 Å². The number of nitrogens with one attached hydrogen (secondary N) is 1. The Bertz CT molecular complexity index is 423. The molecule has 3 aliphatic heterocycles. The second-order valence-corrected chi connectivity index (χ2v) is 6.43. The number of ether oxygens (including phenoxy) is 1. The van der Waals surface area contributed by atoms with Gasteiger partial charge in [-0.15, -0.1) is 0 Å². The number of carbonyl (C=O) groups is 1. The first-order valence-electron chi connectivity index (χ1n) is 6.39. The molecule has 6 nitrogen and oxygen atoms in total. The average Bonchev–Trinajstić information content (AvgIpc) is 3.01. The third-order valence-corrected chi connectivity index (χ3v) is 4.81. The van der Waals surface area contributed by atoms with Gasteiger partial charge in [-0.3, -0.25) is 14.7 Å². The second-order valence-electron chi connectivity index (χ2n) is 4.59. The summed E-state index contributed by atoms with van der Waals surface area (Å²) >= 11 is 6.77. The summed E-state index contributed by atoms with van der Waals surface area (Å²) in [6.07, 6.45) is 0. The van der Waals surface area contributed by atoms with Crippen LogP contribution in [0.2, 0.25) is 0 Å². The fourth-order valence-corrected chi connectivity index (χ4v) is 3.86. The molecule has 3 rings (SSSR count). The van der Waals surface area contributed by atoms with E-state index < -0.39 is 0 Å². The van der Waals surface area contributed by atoms with Crippen LogP contribution in [0.5, 0.6) is 0 Å². The maximum atomic E-state index is 12.4. The van der Waals surface area contributed by atoms with E-state index in [9.17, 15) is 4.79 Å². The van der Waals surface area contributed by atoms with E-state index >= 15 is 0 Å². The van der Waals surface area contributed by atoms with E-state index in [0.717, 1.165) is 39.4 Å². The molecule has 0 aromatic carbocycles. The maximum absolute atomic E-state index is 12.4. The van der Waals surface area contributed by atoms with Crippen molar-refractivity contribution >= 4 is 40.2 Å². The van der Waals surface area contributed by atoms with Crippen LogP contribution >= 0.6 is 24.0 Å². The molecule has 0 aromatic heterocycles. The van der Waals surface area contributed by atoms with Gasteiger partial charge in [0.2, 0.25) is 11.9 Å². The van der Waals surface area contributed by atoms with E-state index in [2.05, 4.69) is 15.2 Å². The molecule has 0 saturated carbocycles. The van der Waals surface area contributed by atoms with Crippen molar-refractivity contribution in [1.82, 2.24) is 15.1 Å². The Balaban J connectivity index is 1.64. The number of amides is 1. The standard InChI is InChI=1S/C11H16N4O2S2/c16-9-8(7-14-3-5-17-6-4-14)19-11(18)15(9)10-12-1-2-13-10/h8H,1-7H2,(H,12,13). The van der Waals surface area contributed by atoms with Crippen molar-refractivity contribution in [2.45, 2.75) is 5.25 Å². The van der Waals surface area contributed by atoms with Crippen molar-refractivity contribution in [2.75, 3.05) is 45.9 Å². The molecule has 3 heterocycles. The van der Waals surface area contributed by atoms with Crippen LogP contribution in [-0.2, 0) is 9.53 Å². The predicted octanol–water partition coefficient (Wildman–Crippen LogP) is -0.493. The van der Waals surface area contributed by atoms with Crippen LogP contribution in [0.3, 0.4) is 0 Å². The lowest BCUT2D eigenvalue weighted by molar-refractivity contribution is -0.124. The van der Waals surface area contributed by atoms with Gasteiger partial charge in [-0.25, -0.2) is 4.90 Å². The Morgan fingerprint density at radius 3 is 2.95 bits per heavy atom. The van der Waals surface area contributed by atoms with Crippen LogP contribution in [0.4, 0.5) is 0 Å². The molecule has 0 spiro atoms. The Morgan fingerprint density at radius 1 is 1.47 bits per heavy atom. The number of aliphatic imine (C=N–C) groups is 1. The molecule has 1 unspecified atom stereocenters. The molecule has 1 N–H and O–H groups in total. The van der Waals surface area contributed by atoms with Crippen LogP contribution in [-0.4, -0.2) is 77.2 Å². The van der Waals surface area contributed by atoms with Crippen LogP contribution in [0.25, 0.3) is 0 Å². The Morgan fingerprint density at radius 2 is 2.26 bits per heavy atom. The molecule has 2 fully saturated rings. The monoisotopic (exact) mass is 300 g/mol. The van der Waals surface area contributed by atoms with E-state index in [1.165, 1.54) is 11.8 Å². The molecule has 0 bridgehead atoms. The summed E-state index contributed by atoms with van der Waals surface area (Å²) in [5.41, 5.74) is 0. The molecule has 8 heteroatoms. The topological polar surface area (TPSA) is 57.2 Å². The number of rotatable bonds is 2. The van der Waals surface area contributed by atoms with Gasteiger partial charge in [-0.1, -0.05) is 24.0 Å². The van der Waals surface area contributed by atoms with Gasteiger partial charge in [0.15, 0.2) is 4.32 Å². The smallest absolute Gasteiger partial charge is 0.249 e. The van der Waals surface area contributed by atoms with Crippen molar-refractivity contribution in [2.24, 2.45) is 4.99 Å². The number of hydrogen-bond acceptors (Lipinski definition) is 7. The highest BCUT2D eigenvalue weighted by Crippen LogP contribution is 2.28. The molecular weight excluding hydrogens is 284 g/mol. The summed E-state index contributed by atoms with van der Waals surface area (Å²) in [6, 6.07) is 0. The number of hydrogen-bond donors (Lipinski definition) is 1. The fourth-order valence-electron chi connectivity index (χ4n) is 2.32. The van der Waals surface area contributed by atoms with Crippen LogP contribution in [0.1, 0.15) is 0 Å². The Hall–Kier alpha value is -0.700. The zero-order valence-corrected chi connectivity index (χ0v) is 12.1. The summed E-state index contributed by atoms with van der Waals surface area (Å²) in [7, 11) is 0. The molecule has 3 aliphatic rings. The quantitative estimate of drug-likeness (QED) is 0.694. The van der Waals surface area contributed by atoms with Crippen LogP contribution in [0, 0.1) is 0 Å². The predicted molar refractivity (Wildman–Crippen MR) is 78.4 cm³/mol. The van der Waals surface area contributed by atoms with Gasteiger partial charge < -0.3 is 10.1 Å². The molecule has 104 valence electrons. The highest BCUT2D eigenvalue weighted by atomic mass is 32.2. The van der Waals surface area contributed by atoms with Gasteiger partial charge in [-0.05, 0) is 0 Å². The Kier molecular flexibility index (Phi) is 4.01. The second kappa shape index (κ2) is 5.74. The fraction of sp³-hybridized carbons (Fsp3) is 0.727. The maximum Gasteiger partial charge on any atom is 0.249 e. The van der Waals surface area contributed by atoms with Gasteiger partial charge in [-0.2, -0.15) is 0 Å². The molecule has 19 heavy (non-hydrogen) atoms. The first-order chi connectivity index (χ1) is 9.25. The number of nitrogens with zero attached hydrogens (tertiary/aromatic N) is 3. The van der Waals surface area contributed by atoms with Crippen molar-refractivity contribution < 1.29 is 9.53 Å². The lowest BCUT2D eigenvalue weighted by atomic mass is 10.3. The number of thiocarbonyl (C=S) groups is 1. The van der Waals surface area contributed by atoms with Crippen molar-refractivity contribution in [3.8, 4) is 0 Å². The summed E-state index contributed by atoms with van der Waals surface area (Å²) in [5, 5.41) is 2.99. The van der Waals surface area contributed by atoms with E-state index in [1.54, 1.807) is 4.90 Å². The minimum absolute atomic E-state index is 0.0506. The SMILES string of the molecule is O=C1C(CN2CCOCC2)SC(=S)N1C1=NCCN1. The van der Waals surface area contributed by atoms with Gasteiger partial charge in [0, 0.05) is 26.2 Å². The molecule has 0 aromatic rings. The van der Waals surface area contributed by atoms with Gasteiger partial charge >= 0.3 is 0 Å². The molecule has 0 radical (unpaired) electrons. The first-order valence-corrected chi connectivity index (χ1v) is 7.67. The van der Waals surface area contributed by atoms with E-state index in [0.29, 0.717) is 16.8 Å². The number of guanidine groups is 1. The number of thioether (sulfide) groups is 1. The van der Waals surface area contributed by atoms with Crippen LogP contribution in [0.15, 0.2) is 4.99 Å². The highest BCUT2D eigenvalue weighted by Gasteiger charge is 2.41. The minimum Gasteiger partial charge on any atom is -0.379 e. The molecule has 0 aliphatic carbocycles. The molecular formula is C11H16N4O2S2. The summed E-state index contributed by atoms with van der Waals surface area (Å²) < 4.78 is 5.92. The zero-order chi connectivity index (χ0) is 13.2. The molecule has 1 atom stereocenters. The zero-order valence-electron chi connectivity index (χ0n) is 10.5. The molecule has 1 amide bonds. The van der Waals surface area contributed by atoms with Crippen molar-refractivity contribution in [3.05, 3.63) is 0 Å². The van der Waals surface area contributed by atoms with E-state index in [4.69, 9.17) is 17.0 Å². The minimum atomic E-state index is -0.115. The van der Waals surface area contributed by atoms with Gasteiger partial charge in [0.25, 0.3) is 0 Å². The number of morpholine rings is 1. The highest BCUT2D eigenvalue weighted by molar-refractivity contribution is 8.24. The summed E-state index contributed by atoms with van der Waals surface area (Å²) in [5.74, 6) is 0.668. The third kappa shape index (κ3) is 2.76.